The summed E-state index contributed by atoms with van der Waals surface area (Å²) in [6.07, 6.45) is 3.16. The van der Waals surface area contributed by atoms with E-state index in [2.05, 4.69) is 10.3 Å². The van der Waals surface area contributed by atoms with Crippen molar-refractivity contribution in [2.24, 2.45) is 16.5 Å². The van der Waals surface area contributed by atoms with Crippen LogP contribution in [0.4, 0.5) is 0 Å². The van der Waals surface area contributed by atoms with Crippen molar-refractivity contribution in [2.45, 2.75) is 12.6 Å². The number of aliphatic imine (C=N–C) groups is 1. The zero-order chi connectivity index (χ0) is 6.91. The van der Waals surface area contributed by atoms with E-state index in [1.54, 1.807) is 6.08 Å². The Bertz CT molecular complexity index is 168. The van der Waals surface area contributed by atoms with Gasteiger partial charge in [-0.1, -0.05) is 0 Å². The van der Waals surface area contributed by atoms with Gasteiger partial charge in [-0.3, -0.25) is 0 Å². The van der Waals surface area contributed by atoms with Crippen molar-refractivity contribution in [3.8, 4) is 0 Å². The number of nitrogens with one attached hydrogen (secondary N) is 1. The molecule has 4 heteroatoms. The predicted molar refractivity (Wildman–Crippen MR) is 36.5 cm³/mol. The summed E-state index contributed by atoms with van der Waals surface area (Å²) in [5.41, 5.74) is 10.4. The molecule has 0 saturated heterocycles. The molecule has 0 aromatic rings. The summed E-state index contributed by atoms with van der Waals surface area (Å²) in [4.78, 5) is 3.75. The third-order valence-corrected chi connectivity index (χ3v) is 1.04. The van der Waals surface area contributed by atoms with Gasteiger partial charge in [0.15, 0.2) is 0 Å². The van der Waals surface area contributed by atoms with Crippen LogP contribution >= 0.6 is 0 Å². The molecule has 9 heavy (non-hydrogen) atoms. The first-order chi connectivity index (χ1) is 4.10. The van der Waals surface area contributed by atoms with Crippen LogP contribution in [0.1, 0.15) is 6.92 Å². The maximum Gasteiger partial charge on any atom is 0.124 e. The normalized spacial score (nSPS) is 33.3. The lowest BCUT2D eigenvalue weighted by Crippen LogP contribution is -2.50. The van der Waals surface area contributed by atoms with Gasteiger partial charge in [-0.15, -0.1) is 0 Å². The van der Waals surface area contributed by atoms with Gasteiger partial charge >= 0.3 is 0 Å². The first-order valence-electron chi connectivity index (χ1n) is 2.68. The fourth-order valence-electron chi connectivity index (χ4n) is 0.632. The summed E-state index contributed by atoms with van der Waals surface area (Å²) >= 11 is 0. The molecule has 0 aromatic carbocycles. The third kappa shape index (κ3) is 1.43. The Kier molecular flexibility index (Phi) is 1.17. The topological polar surface area (TPSA) is 76.4 Å². The number of hydrogen-bond acceptors (Lipinski definition) is 4. The number of hydrogen-bond donors (Lipinski definition) is 3. The zero-order valence-corrected chi connectivity index (χ0v) is 5.26. The SMILES string of the molecule is CC1(N)C=C(N)N=CN1. The first kappa shape index (κ1) is 6.10. The minimum absolute atomic E-state index is 0.457. The molecule has 50 valence electrons. The Morgan fingerprint density at radius 3 is 2.78 bits per heavy atom. The fourth-order valence-corrected chi connectivity index (χ4v) is 0.632. The molecule has 1 aliphatic heterocycles. The first-order valence-corrected chi connectivity index (χ1v) is 2.68. The van der Waals surface area contributed by atoms with E-state index in [9.17, 15) is 0 Å². The van der Waals surface area contributed by atoms with Crippen molar-refractivity contribution in [1.82, 2.24) is 5.32 Å². The highest BCUT2D eigenvalue weighted by atomic mass is 15.1. The Morgan fingerprint density at radius 1 is 1.78 bits per heavy atom. The van der Waals surface area contributed by atoms with Crippen LogP contribution in [-0.2, 0) is 0 Å². The van der Waals surface area contributed by atoms with Crippen LogP contribution in [0.15, 0.2) is 16.9 Å². The molecule has 0 amide bonds. The van der Waals surface area contributed by atoms with E-state index >= 15 is 0 Å². The van der Waals surface area contributed by atoms with Gasteiger partial charge in [-0.2, -0.15) is 0 Å². The molecule has 0 bridgehead atoms. The Hall–Kier alpha value is -1.03. The monoisotopic (exact) mass is 126 g/mol. The van der Waals surface area contributed by atoms with Gasteiger partial charge in [0, 0.05) is 0 Å². The second-order valence-corrected chi connectivity index (χ2v) is 2.25. The Morgan fingerprint density at radius 2 is 2.44 bits per heavy atom. The lowest BCUT2D eigenvalue weighted by molar-refractivity contribution is 0.539. The molecule has 0 spiro atoms. The van der Waals surface area contributed by atoms with Gasteiger partial charge < -0.3 is 16.8 Å². The summed E-state index contributed by atoms with van der Waals surface area (Å²) in [5, 5.41) is 2.82. The molecule has 4 nitrogen and oxygen atoms in total. The van der Waals surface area contributed by atoms with E-state index in [1.807, 2.05) is 6.92 Å². The number of rotatable bonds is 0. The minimum Gasteiger partial charge on any atom is -0.384 e. The Labute approximate surface area is 53.6 Å². The molecule has 0 aromatic heterocycles. The number of nitrogens with two attached hydrogens (primary N) is 2. The van der Waals surface area contributed by atoms with Gasteiger partial charge in [-0.25, -0.2) is 4.99 Å². The zero-order valence-electron chi connectivity index (χ0n) is 5.26. The van der Waals surface area contributed by atoms with Crippen LogP contribution in [-0.4, -0.2) is 12.0 Å². The van der Waals surface area contributed by atoms with Crippen LogP contribution in [0.2, 0.25) is 0 Å². The predicted octanol–water partition coefficient (Wildman–Crippen LogP) is -0.907. The van der Waals surface area contributed by atoms with Crippen LogP contribution in [0.25, 0.3) is 0 Å². The van der Waals surface area contributed by atoms with Crippen LogP contribution in [0.5, 0.6) is 0 Å². The summed E-state index contributed by atoms with van der Waals surface area (Å²) < 4.78 is 0. The lowest BCUT2D eigenvalue weighted by Gasteiger charge is -2.23. The molecule has 1 aliphatic rings. The van der Waals surface area contributed by atoms with Gasteiger partial charge in [0.1, 0.15) is 11.5 Å². The third-order valence-electron chi connectivity index (χ3n) is 1.04. The highest BCUT2D eigenvalue weighted by Gasteiger charge is 2.15. The number of nitrogens with zero attached hydrogens (tertiary/aromatic N) is 1. The molecule has 0 fully saturated rings. The van der Waals surface area contributed by atoms with Gasteiger partial charge in [0.25, 0.3) is 0 Å². The van der Waals surface area contributed by atoms with Crippen LogP contribution < -0.4 is 16.8 Å². The summed E-state index contributed by atoms with van der Waals surface area (Å²) in [6, 6.07) is 0. The van der Waals surface area contributed by atoms with E-state index in [1.165, 1.54) is 6.34 Å². The van der Waals surface area contributed by atoms with Gasteiger partial charge in [0.2, 0.25) is 0 Å². The molecule has 1 heterocycles. The maximum atomic E-state index is 5.61. The highest BCUT2D eigenvalue weighted by Crippen LogP contribution is 2.01. The molecule has 5 N–H and O–H groups in total. The molecule has 0 radical (unpaired) electrons. The molecule has 0 saturated carbocycles. The molecule has 1 unspecified atom stereocenters. The fraction of sp³-hybridized carbons (Fsp3) is 0.400. The molecular formula is C5H10N4. The lowest BCUT2D eigenvalue weighted by atomic mass is 10.2. The second-order valence-electron chi connectivity index (χ2n) is 2.25. The molecular weight excluding hydrogens is 116 g/mol. The van der Waals surface area contributed by atoms with E-state index in [-0.39, 0.29) is 0 Å². The summed E-state index contributed by atoms with van der Waals surface area (Å²) in [6.45, 7) is 1.81. The van der Waals surface area contributed by atoms with E-state index in [0.29, 0.717) is 5.82 Å². The van der Waals surface area contributed by atoms with Crippen molar-refractivity contribution in [2.75, 3.05) is 0 Å². The quantitative estimate of drug-likeness (QED) is 0.393. The molecule has 1 atom stereocenters. The standard InChI is InChI=1S/C5H10N4/c1-5(7)2-4(6)8-3-9-5/h2-3H,6-7H2,1H3,(H,8,9). The van der Waals surface area contributed by atoms with Crippen molar-refractivity contribution in [3.63, 3.8) is 0 Å². The van der Waals surface area contributed by atoms with Crippen molar-refractivity contribution in [1.29, 1.82) is 0 Å². The van der Waals surface area contributed by atoms with Crippen LogP contribution in [0, 0.1) is 0 Å². The van der Waals surface area contributed by atoms with Crippen molar-refractivity contribution in [3.05, 3.63) is 11.9 Å². The van der Waals surface area contributed by atoms with Gasteiger partial charge in [-0.05, 0) is 13.0 Å². The second kappa shape index (κ2) is 1.73. The van der Waals surface area contributed by atoms with E-state index in [4.69, 9.17) is 11.5 Å². The van der Waals surface area contributed by atoms with Gasteiger partial charge in [0.05, 0.1) is 6.34 Å². The van der Waals surface area contributed by atoms with Crippen LogP contribution in [0.3, 0.4) is 0 Å². The van der Waals surface area contributed by atoms with E-state index < -0.39 is 5.66 Å². The molecule has 0 aliphatic carbocycles. The van der Waals surface area contributed by atoms with Crippen molar-refractivity contribution < 1.29 is 0 Å². The average molecular weight is 126 g/mol. The maximum absolute atomic E-state index is 5.61. The smallest absolute Gasteiger partial charge is 0.124 e. The van der Waals surface area contributed by atoms with Crippen molar-refractivity contribution >= 4 is 6.34 Å². The highest BCUT2D eigenvalue weighted by molar-refractivity contribution is 5.59. The average Bonchev–Trinajstić information content (AvgIpc) is 1.60. The summed E-state index contributed by atoms with van der Waals surface area (Å²) in [5.74, 6) is 0.457. The van der Waals surface area contributed by atoms with E-state index in [0.717, 1.165) is 0 Å². The summed E-state index contributed by atoms with van der Waals surface area (Å²) in [7, 11) is 0. The largest absolute Gasteiger partial charge is 0.384 e. The minimum atomic E-state index is -0.536. The Balaban J connectivity index is 2.78. The molecule has 1 rings (SSSR count).